The van der Waals surface area contributed by atoms with Crippen LogP contribution < -0.4 is 0 Å². The van der Waals surface area contributed by atoms with E-state index in [1.54, 1.807) is 0 Å². The number of hydrogen-bond donors (Lipinski definition) is 1. The summed E-state index contributed by atoms with van der Waals surface area (Å²) in [6, 6.07) is 0. The van der Waals surface area contributed by atoms with Gasteiger partial charge >= 0.3 is 0 Å². The van der Waals surface area contributed by atoms with Crippen molar-refractivity contribution in [2.45, 2.75) is 58.5 Å². The summed E-state index contributed by atoms with van der Waals surface area (Å²) < 4.78 is 5.38. The highest BCUT2D eigenvalue weighted by atomic mass is 16.5. The smallest absolute Gasteiger partial charge is 0.0681 e. The van der Waals surface area contributed by atoms with Gasteiger partial charge in [-0.2, -0.15) is 0 Å². The van der Waals surface area contributed by atoms with E-state index in [-0.39, 0.29) is 0 Å². The highest BCUT2D eigenvalue weighted by molar-refractivity contribution is 4.99. The summed E-state index contributed by atoms with van der Waals surface area (Å²) in [6.07, 6.45) is 5.39. The standard InChI is InChI=1S/C14H26O2/c1-11-8-13(2,3)10-14(11,15)9-12-4-6-16-7-5-12/h11-12,15H,4-10H2,1-3H3. The Bertz CT molecular complexity index is 243. The second-order valence-corrected chi connectivity index (χ2v) is 6.81. The zero-order valence-corrected chi connectivity index (χ0v) is 11.0. The lowest BCUT2D eigenvalue weighted by molar-refractivity contribution is -0.0367. The lowest BCUT2D eigenvalue weighted by Gasteiger charge is -2.34. The Morgan fingerprint density at radius 3 is 2.38 bits per heavy atom. The molecule has 1 saturated carbocycles. The van der Waals surface area contributed by atoms with Crippen LogP contribution in [0.15, 0.2) is 0 Å². The van der Waals surface area contributed by atoms with Gasteiger partial charge in [-0.1, -0.05) is 20.8 Å². The van der Waals surface area contributed by atoms with E-state index in [0.717, 1.165) is 45.3 Å². The van der Waals surface area contributed by atoms with Crippen molar-refractivity contribution in [3.63, 3.8) is 0 Å². The van der Waals surface area contributed by atoms with Crippen molar-refractivity contribution < 1.29 is 9.84 Å². The molecule has 16 heavy (non-hydrogen) atoms. The molecule has 0 radical (unpaired) electrons. The summed E-state index contributed by atoms with van der Waals surface area (Å²) >= 11 is 0. The predicted octanol–water partition coefficient (Wildman–Crippen LogP) is 2.99. The maximum absolute atomic E-state index is 10.8. The largest absolute Gasteiger partial charge is 0.390 e. The van der Waals surface area contributed by atoms with Gasteiger partial charge in [0.05, 0.1) is 5.60 Å². The third-order valence-electron chi connectivity index (χ3n) is 4.54. The Hall–Kier alpha value is -0.0800. The van der Waals surface area contributed by atoms with Gasteiger partial charge in [-0.25, -0.2) is 0 Å². The van der Waals surface area contributed by atoms with Crippen LogP contribution >= 0.6 is 0 Å². The number of ether oxygens (including phenoxy) is 1. The molecule has 0 amide bonds. The van der Waals surface area contributed by atoms with Crippen LogP contribution in [0.4, 0.5) is 0 Å². The van der Waals surface area contributed by atoms with Crippen molar-refractivity contribution in [3.8, 4) is 0 Å². The molecule has 1 aliphatic carbocycles. The molecule has 1 aliphatic heterocycles. The monoisotopic (exact) mass is 226 g/mol. The number of rotatable bonds is 2. The van der Waals surface area contributed by atoms with Crippen molar-refractivity contribution in [2.75, 3.05) is 13.2 Å². The van der Waals surface area contributed by atoms with E-state index in [2.05, 4.69) is 20.8 Å². The fraction of sp³-hybridized carbons (Fsp3) is 1.00. The Balaban J connectivity index is 1.96. The predicted molar refractivity (Wildman–Crippen MR) is 65.3 cm³/mol. The Labute approximate surface area is 99.4 Å². The van der Waals surface area contributed by atoms with E-state index in [1.807, 2.05) is 0 Å². The van der Waals surface area contributed by atoms with Gasteiger partial charge in [-0.3, -0.25) is 0 Å². The van der Waals surface area contributed by atoms with E-state index >= 15 is 0 Å². The van der Waals surface area contributed by atoms with Crippen molar-refractivity contribution >= 4 is 0 Å². The van der Waals surface area contributed by atoms with Gasteiger partial charge < -0.3 is 9.84 Å². The normalized spacial score (nSPS) is 40.1. The van der Waals surface area contributed by atoms with Crippen molar-refractivity contribution in [2.24, 2.45) is 17.3 Å². The molecule has 1 N–H and O–H groups in total. The second-order valence-electron chi connectivity index (χ2n) is 6.81. The molecule has 2 fully saturated rings. The summed E-state index contributed by atoms with van der Waals surface area (Å²) in [5.74, 6) is 1.13. The third kappa shape index (κ3) is 2.60. The molecule has 0 aromatic heterocycles. The lowest BCUT2D eigenvalue weighted by Crippen LogP contribution is -2.36. The van der Waals surface area contributed by atoms with E-state index in [0.29, 0.717) is 17.3 Å². The summed E-state index contributed by atoms with van der Waals surface area (Å²) in [7, 11) is 0. The molecule has 2 heteroatoms. The van der Waals surface area contributed by atoms with Crippen molar-refractivity contribution in [3.05, 3.63) is 0 Å². The van der Waals surface area contributed by atoms with Gasteiger partial charge in [-0.15, -0.1) is 0 Å². The zero-order valence-electron chi connectivity index (χ0n) is 11.0. The van der Waals surface area contributed by atoms with Gasteiger partial charge in [0.25, 0.3) is 0 Å². The highest BCUT2D eigenvalue weighted by Crippen LogP contribution is 2.50. The minimum absolute atomic E-state index is 0.319. The second kappa shape index (κ2) is 4.30. The van der Waals surface area contributed by atoms with Crippen LogP contribution in [0.3, 0.4) is 0 Å². The van der Waals surface area contributed by atoms with Gasteiger partial charge in [0.1, 0.15) is 0 Å². The minimum atomic E-state index is -0.411. The minimum Gasteiger partial charge on any atom is -0.390 e. The zero-order chi connectivity index (χ0) is 11.8. The molecule has 2 nitrogen and oxygen atoms in total. The Kier molecular flexibility index (Phi) is 3.33. The average molecular weight is 226 g/mol. The first-order valence-corrected chi connectivity index (χ1v) is 6.71. The highest BCUT2D eigenvalue weighted by Gasteiger charge is 2.48. The molecule has 0 bridgehead atoms. The molecule has 2 rings (SSSR count). The van der Waals surface area contributed by atoms with E-state index in [1.165, 1.54) is 0 Å². The van der Waals surface area contributed by atoms with Gasteiger partial charge in [0.15, 0.2) is 0 Å². The molecule has 1 saturated heterocycles. The van der Waals surface area contributed by atoms with Crippen LogP contribution in [0.2, 0.25) is 0 Å². The molecular formula is C14H26O2. The molecule has 0 aromatic carbocycles. The van der Waals surface area contributed by atoms with Crippen molar-refractivity contribution in [1.82, 2.24) is 0 Å². The SMILES string of the molecule is CC1CC(C)(C)CC1(O)CC1CCOCC1. The maximum Gasteiger partial charge on any atom is 0.0681 e. The molecule has 0 aromatic rings. The Morgan fingerprint density at radius 2 is 1.88 bits per heavy atom. The van der Waals surface area contributed by atoms with Crippen LogP contribution in [0, 0.1) is 17.3 Å². The first kappa shape index (κ1) is 12.4. The summed E-state index contributed by atoms with van der Waals surface area (Å²) in [5.41, 5.74) is -0.0924. The topological polar surface area (TPSA) is 29.5 Å². The lowest BCUT2D eigenvalue weighted by atomic mass is 9.79. The van der Waals surface area contributed by atoms with Crippen LogP contribution in [0.5, 0.6) is 0 Å². The summed E-state index contributed by atoms with van der Waals surface area (Å²) in [4.78, 5) is 0. The van der Waals surface area contributed by atoms with Gasteiger partial charge in [-0.05, 0) is 49.4 Å². The quantitative estimate of drug-likeness (QED) is 0.784. The molecule has 2 aliphatic rings. The van der Waals surface area contributed by atoms with Crippen molar-refractivity contribution in [1.29, 1.82) is 0 Å². The van der Waals surface area contributed by atoms with E-state index in [9.17, 15) is 5.11 Å². The Morgan fingerprint density at radius 1 is 1.25 bits per heavy atom. The molecule has 2 unspecified atom stereocenters. The van der Waals surface area contributed by atoms with Gasteiger partial charge in [0, 0.05) is 13.2 Å². The van der Waals surface area contributed by atoms with E-state index < -0.39 is 5.60 Å². The first-order valence-electron chi connectivity index (χ1n) is 6.71. The first-order chi connectivity index (χ1) is 7.41. The summed E-state index contributed by atoms with van der Waals surface area (Å²) in [6.45, 7) is 8.56. The van der Waals surface area contributed by atoms with Gasteiger partial charge in [0.2, 0.25) is 0 Å². The van der Waals surface area contributed by atoms with Crippen LogP contribution in [-0.2, 0) is 4.74 Å². The van der Waals surface area contributed by atoms with Crippen LogP contribution in [-0.4, -0.2) is 23.9 Å². The fourth-order valence-electron chi connectivity index (χ4n) is 3.82. The number of hydrogen-bond acceptors (Lipinski definition) is 2. The fourth-order valence-corrected chi connectivity index (χ4v) is 3.82. The maximum atomic E-state index is 10.8. The van der Waals surface area contributed by atoms with Crippen LogP contribution in [0.25, 0.3) is 0 Å². The van der Waals surface area contributed by atoms with Crippen LogP contribution in [0.1, 0.15) is 52.9 Å². The molecule has 1 heterocycles. The molecular weight excluding hydrogens is 200 g/mol. The average Bonchev–Trinajstić information content (AvgIpc) is 2.36. The third-order valence-corrected chi connectivity index (χ3v) is 4.54. The number of aliphatic hydroxyl groups is 1. The molecule has 2 atom stereocenters. The summed E-state index contributed by atoms with van der Waals surface area (Å²) in [5, 5.41) is 10.8. The molecule has 0 spiro atoms. The van der Waals surface area contributed by atoms with E-state index in [4.69, 9.17) is 4.74 Å². The molecule has 94 valence electrons.